The fourth-order valence-corrected chi connectivity index (χ4v) is 3.63. The minimum Gasteiger partial charge on any atom is -0.480 e. The SMILES string of the molecule is COC(=O)C(C)S(=O)(=O)N1CCCC[C@@H]1C(=O)O. The highest BCUT2D eigenvalue weighted by Gasteiger charge is 2.42. The molecule has 1 aliphatic rings. The number of carbonyl (C=O) groups excluding carboxylic acids is 1. The van der Waals surface area contributed by atoms with Gasteiger partial charge in [0.25, 0.3) is 0 Å². The molecule has 0 spiro atoms. The highest BCUT2D eigenvalue weighted by Crippen LogP contribution is 2.23. The third-order valence-corrected chi connectivity index (χ3v) is 5.22. The molecule has 8 heteroatoms. The van der Waals surface area contributed by atoms with E-state index < -0.39 is 33.3 Å². The number of piperidine rings is 1. The van der Waals surface area contributed by atoms with E-state index >= 15 is 0 Å². The number of hydrogen-bond acceptors (Lipinski definition) is 5. The standard InChI is InChI=1S/C10H17NO6S/c1-7(10(14)17-2)18(15,16)11-6-4-3-5-8(11)9(12)13/h7-8H,3-6H2,1-2H3,(H,12,13)/t7?,8-/m1/s1. The largest absolute Gasteiger partial charge is 0.480 e. The molecular weight excluding hydrogens is 262 g/mol. The third kappa shape index (κ3) is 2.81. The molecule has 1 N–H and O–H groups in total. The Morgan fingerprint density at radius 3 is 2.50 bits per heavy atom. The Balaban J connectivity index is 3.01. The molecule has 1 rings (SSSR count). The van der Waals surface area contributed by atoms with Crippen LogP contribution in [0.25, 0.3) is 0 Å². The zero-order valence-electron chi connectivity index (χ0n) is 10.3. The first-order valence-corrected chi connectivity index (χ1v) is 7.14. The van der Waals surface area contributed by atoms with Crippen LogP contribution in [-0.2, 0) is 24.3 Å². The predicted octanol–water partition coefficient (Wildman–Crippen LogP) is -0.183. The summed E-state index contributed by atoms with van der Waals surface area (Å²) in [5.74, 6) is -2.07. The number of hydrogen-bond donors (Lipinski definition) is 1. The number of methoxy groups -OCH3 is 1. The van der Waals surface area contributed by atoms with Gasteiger partial charge in [-0.25, -0.2) is 8.42 Å². The number of aliphatic carboxylic acids is 1. The number of ether oxygens (including phenoxy) is 1. The third-order valence-electron chi connectivity index (χ3n) is 3.05. The maximum Gasteiger partial charge on any atom is 0.325 e. The molecule has 0 bridgehead atoms. The van der Waals surface area contributed by atoms with E-state index in [-0.39, 0.29) is 13.0 Å². The fraction of sp³-hybridized carbons (Fsp3) is 0.800. The van der Waals surface area contributed by atoms with Crippen molar-refractivity contribution in [3.8, 4) is 0 Å². The Hall–Kier alpha value is -1.15. The lowest BCUT2D eigenvalue weighted by molar-refractivity contribution is -0.143. The quantitative estimate of drug-likeness (QED) is 0.716. The van der Waals surface area contributed by atoms with Gasteiger partial charge in [-0.05, 0) is 26.2 Å². The van der Waals surface area contributed by atoms with E-state index in [9.17, 15) is 18.0 Å². The summed E-state index contributed by atoms with van der Waals surface area (Å²) in [6.07, 6.45) is 1.52. The van der Waals surface area contributed by atoms with Crippen LogP contribution in [0.4, 0.5) is 0 Å². The molecule has 0 radical (unpaired) electrons. The van der Waals surface area contributed by atoms with Crippen molar-refractivity contribution in [1.29, 1.82) is 0 Å². The molecular formula is C10H17NO6S. The second-order valence-corrected chi connectivity index (χ2v) is 6.38. The normalized spacial score (nSPS) is 23.3. The molecule has 7 nitrogen and oxygen atoms in total. The number of nitrogens with zero attached hydrogens (tertiary/aromatic N) is 1. The number of carboxylic acids is 1. The summed E-state index contributed by atoms with van der Waals surface area (Å²) < 4.78 is 29.6. The molecule has 1 unspecified atom stereocenters. The zero-order valence-corrected chi connectivity index (χ0v) is 11.1. The van der Waals surface area contributed by atoms with Gasteiger partial charge in [-0.3, -0.25) is 9.59 Å². The van der Waals surface area contributed by atoms with Crippen molar-refractivity contribution in [2.75, 3.05) is 13.7 Å². The number of carbonyl (C=O) groups is 2. The summed E-state index contributed by atoms with van der Waals surface area (Å²) in [7, 11) is -2.89. The van der Waals surface area contributed by atoms with Crippen LogP contribution in [0.5, 0.6) is 0 Å². The van der Waals surface area contributed by atoms with E-state index in [0.717, 1.165) is 11.4 Å². The van der Waals surface area contributed by atoms with Gasteiger partial charge in [0.2, 0.25) is 10.0 Å². The lowest BCUT2D eigenvalue weighted by atomic mass is 10.1. The van der Waals surface area contributed by atoms with Crippen LogP contribution >= 0.6 is 0 Å². The van der Waals surface area contributed by atoms with E-state index in [4.69, 9.17) is 5.11 Å². The molecule has 0 aromatic carbocycles. The van der Waals surface area contributed by atoms with Crippen molar-refractivity contribution < 1.29 is 27.9 Å². The van der Waals surface area contributed by atoms with Crippen molar-refractivity contribution in [1.82, 2.24) is 4.31 Å². The second-order valence-electron chi connectivity index (χ2n) is 4.17. The summed E-state index contributed by atoms with van der Waals surface area (Å²) in [5, 5.41) is 7.64. The first-order valence-electron chi connectivity index (χ1n) is 5.63. The summed E-state index contributed by atoms with van der Waals surface area (Å²) in [6, 6.07) is -1.09. The minimum atomic E-state index is -3.99. The predicted molar refractivity (Wildman–Crippen MR) is 62.4 cm³/mol. The summed E-state index contributed by atoms with van der Waals surface area (Å²) in [6.45, 7) is 1.33. The number of sulfonamides is 1. The van der Waals surface area contributed by atoms with Crippen LogP contribution in [0, 0.1) is 0 Å². The molecule has 18 heavy (non-hydrogen) atoms. The van der Waals surface area contributed by atoms with E-state index in [1.54, 1.807) is 0 Å². The molecule has 0 aromatic rings. The molecule has 0 aromatic heterocycles. The van der Waals surface area contributed by atoms with Crippen molar-refractivity contribution in [3.05, 3.63) is 0 Å². The maximum absolute atomic E-state index is 12.2. The van der Waals surface area contributed by atoms with Gasteiger partial charge in [0, 0.05) is 6.54 Å². The van der Waals surface area contributed by atoms with Gasteiger partial charge in [-0.15, -0.1) is 0 Å². The minimum absolute atomic E-state index is 0.126. The molecule has 0 saturated carbocycles. The fourth-order valence-electron chi connectivity index (χ4n) is 1.95. The first-order chi connectivity index (χ1) is 8.32. The van der Waals surface area contributed by atoms with Crippen LogP contribution in [-0.4, -0.2) is 54.7 Å². The Morgan fingerprint density at radius 1 is 1.39 bits per heavy atom. The maximum atomic E-state index is 12.2. The van der Waals surface area contributed by atoms with Crippen molar-refractivity contribution >= 4 is 22.0 Å². The number of rotatable bonds is 4. The molecule has 0 aliphatic carbocycles. The highest BCUT2D eigenvalue weighted by atomic mass is 32.2. The average molecular weight is 279 g/mol. The zero-order chi connectivity index (χ0) is 13.9. The molecule has 1 fully saturated rings. The monoisotopic (exact) mass is 279 g/mol. The van der Waals surface area contributed by atoms with E-state index in [1.165, 1.54) is 6.92 Å². The Bertz CT molecular complexity index is 432. The van der Waals surface area contributed by atoms with Gasteiger partial charge in [0.05, 0.1) is 7.11 Å². The lowest BCUT2D eigenvalue weighted by Gasteiger charge is -2.33. The Kier molecular flexibility index (Phi) is 4.69. The van der Waals surface area contributed by atoms with Gasteiger partial charge in [0.1, 0.15) is 6.04 Å². The summed E-state index contributed by atoms with van der Waals surface area (Å²) in [4.78, 5) is 22.4. The average Bonchev–Trinajstić information content (AvgIpc) is 2.36. The van der Waals surface area contributed by atoms with Crippen molar-refractivity contribution in [2.24, 2.45) is 0 Å². The van der Waals surface area contributed by atoms with Crippen LogP contribution in [0.1, 0.15) is 26.2 Å². The van der Waals surface area contributed by atoms with Crippen LogP contribution < -0.4 is 0 Å². The Labute approximate surface area is 106 Å². The van der Waals surface area contributed by atoms with E-state index in [2.05, 4.69) is 4.74 Å². The Morgan fingerprint density at radius 2 is 2.00 bits per heavy atom. The number of esters is 1. The van der Waals surface area contributed by atoms with Crippen LogP contribution in [0.2, 0.25) is 0 Å². The molecule has 1 saturated heterocycles. The van der Waals surface area contributed by atoms with Gasteiger partial charge in [0.15, 0.2) is 5.25 Å². The van der Waals surface area contributed by atoms with Gasteiger partial charge in [-0.2, -0.15) is 4.31 Å². The van der Waals surface area contributed by atoms with Gasteiger partial charge >= 0.3 is 11.9 Å². The van der Waals surface area contributed by atoms with E-state index in [1.807, 2.05) is 0 Å². The van der Waals surface area contributed by atoms with E-state index in [0.29, 0.717) is 12.8 Å². The first kappa shape index (κ1) is 14.9. The van der Waals surface area contributed by atoms with Crippen LogP contribution in [0.3, 0.4) is 0 Å². The topological polar surface area (TPSA) is 101 Å². The molecule has 2 atom stereocenters. The molecule has 0 amide bonds. The molecule has 1 heterocycles. The smallest absolute Gasteiger partial charge is 0.325 e. The van der Waals surface area contributed by atoms with Gasteiger partial charge < -0.3 is 9.84 Å². The number of carboxylic acid groups (broad SMARTS) is 1. The van der Waals surface area contributed by atoms with Crippen molar-refractivity contribution in [2.45, 2.75) is 37.5 Å². The summed E-state index contributed by atoms with van der Waals surface area (Å²) in [5.41, 5.74) is 0. The summed E-state index contributed by atoms with van der Waals surface area (Å²) >= 11 is 0. The molecule has 1 aliphatic heterocycles. The highest BCUT2D eigenvalue weighted by molar-refractivity contribution is 7.90. The second kappa shape index (κ2) is 5.66. The van der Waals surface area contributed by atoms with Gasteiger partial charge in [-0.1, -0.05) is 0 Å². The lowest BCUT2D eigenvalue weighted by Crippen LogP contribution is -2.52. The van der Waals surface area contributed by atoms with Crippen LogP contribution in [0.15, 0.2) is 0 Å². The van der Waals surface area contributed by atoms with Crippen molar-refractivity contribution in [3.63, 3.8) is 0 Å². The molecule has 104 valence electrons.